The minimum atomic E-state index is -0.463. The van der Waals surface area contributed by atoms with Gasteiger partial charge in [-0.15, -0.1) is 0 Å². The lowest BCUT2D eigenvalue weighted by Gasteiger charge is -2.18. The third kappa shape index (κ3) is 4.92. The van der Waals surface area contributed by atoms with Crippen molar-refractivity contribution in [2.24, 2.45) is 0 Å². The molecule has 6 heteroatoms. The molecule has 134 valence electrons. The fraction of sp³-hybridized carbons (Fsp3) is 0.316. The molecule has 0 unspecified atom stereocenters. The molecule has 2 aromatic carbocycles. The van der Waals surface area contributed by atoms with Crippen LogP contribution < -0.4 is 9.47 Å². The van der Waals surface area contributed by atoms with E-state index in [9.17, 15) is 13.6 Å². The van der Waals surface area contributed by atoms with Crippen LogP contribution in [0.5, 0.6) is 11.5 Å². The molecular weight excluding hydrogens is 328 g/mol. The van der Waals surface area contributed by atoms with E-state index in [0.29, 0.717) is 12.0 Å². The molecule has 0 saturated carbocycles. The summed E-state index contributed by atoms with van der Waals surface area (Å²) in [5.74, 6) is -0.676. The lowest BCUT2D eigenvalue weighted by Crippen LogP contribution is -2.26. The van der Waals surface area contributed by atoms with Gasteiger partial charge in [-0.2, -0.15) is 0 Å². The Hall–Kier alpha value is -2.63. The number of amides is 1. The average Bonchev–Trinajstić information content (AvgIpc) is 2.60. The Labute approximate surface area is 146 Å². The Morgan fingerprint density at radius 1 is 0.960 bits per heavy atom. The maximum absolute atomic E-state index is 13.7. The third-order valence-electron chi connectivity index (χ3n) is 3.91. The van der Waals surface area contributed by atoms with E-state index < -0.39 is 11.6 Å². The van der Waals surface area contributed by atoms with Gasteiger partial charge in [0.2, 0.25) is 5.91 Å². The fourth-order valence-electron chi connectivity index (χ4n) is 2.48. The number of hydrogen-bond donors (Lipinski definition) is 0. The minimum Gasteiger partial charge on any atom is -0.494 e. The standard InChI is InChI=1S/C19H21F2NO3/c1-22(12-14-5-8-18(25-3)16(21)11-14)19(23)9-6-13-4-7-17(24-2)15(20)10-13/h4-5,7-8,10-11H,6,9,12H2,1-3H3. The van der Waals surface area contributed by atoms with Gasteiger partial charge in [-0.25, -0.2) is 8.78 Å². The first-order chi connectivity index (χ1) is 11.9. The number of carbonyl (C=O) groups excluding carboxylic acids is 1. The summed E-state index contributed by atoms with van der Waals surface area (Å²) in [7, 11) is 4.45. The average molecular weight is 349 g/mol. The summed E-state index contributed by atoms with van der Waals surface area (Å²) in [6.45, 7) is 0.288. The van der Waals surface area contributed by atoms with Crippen molar-refractivity contribution in [2.45, 2.75) is 19.4 Å². The first kappa shape index (κ1) is 18.7. The zero-order valence-electron chi connectivity index (χ0n) is 14.5. The summed E-state index contributed by atoms with van der Waals surface area (Å²) >= 11 is 0. The molecule has 0 atom stereocenters. The smallest absolute Gasteiger partial charge is 0.222 e. The Morgan fingerprint density at radius 2 is 1.48 bits per heavy atom. The van der Waals surface area contributed by atoms with Crippen LogP contribution in [0.25, 0.3) is 0 Å². The second-order valence-corrected chi connectivity index (χ2v) is 5.69. The normalized spacial score (nSPS) is 10.4. The van der Waals surface area contributed by atoms with Crippen molar-refractivity contribution in [3.05, 3.63) is 59.2 Å². The van der Waals surface area contributed by atoms with Crippen LogP contribution in [0.4, 0.5) is 8.78 Å². The van der Waals surface area contributed by atoms with Crippen molar-refractivity contribution in [3.63, 3.8) is 0 Å². The molecule has 25 heavy (non-hydrogen) atoms. The first-order valence-electron chi connectivity index (χ1n) is 7.83. The van der Waals surface area contributed by atoms with E-state index in [4.69, 9.17) is 9.47 Å². The predicted octanol–water partition coefficient (Wildman–Crippen LogP) is 3.57. The van der Waals surface area contributed by atoms with Gasteiger partial charge in [0.25, 0.3) is 0 Å². The number of methoxy groups -OCH3 is 2. The number of carbonyl (C=O) groups is 1. The summed E-state index contributed by atoms with van der Waals surface area (Å²) in [5, 5.41) is 0. The molecule has 0 aliphatic carbocycles. The quantitative estimate of drug-likeness (QED) is 0.767. The molecule has 0 saturated heterocycles. The Balaban J connectivity index is 1.92. The van der Waals surface area contributed by atoms with Gasteiger partial charge >= 0.3 is 0 Å². The fourth-order valence-corrected chi connectivity index (χ4v) is 2.48. The first-order valence-corrected chi connectivity index (χ1v) is 7.83. The molecule has 0 N–H and O–H groups in total. The Bertz CT molecular complexity index is 749. The van der Waals surface area contributed by atoms with Crippen LogP contribution in [-0.4, -0.2) is 32.1 Å². The number of ether oxygens (including phenoxy) is 2. The molecule has 0 radical (unpaired) electrons. The van der Waals surface area contributed by atoms with Gasteiger partial charge in [0.1, 0.15) is 0 Å². The molecule has 1 amide bonds. The monoisotopic (exact) mass is 349 g/mol. The summed E-state index contributed by atoms with van der Waals surface area (Å²) in [5.41, 5.74) is 1.39. The van der Waals surface area contributed by atoms with E-state index in [2.05, 4.69) is 0 Å². The highest BCUT2D eigenvalue weighted by atomic mass is 19.1. The van der Waals surface area contributed by atoms with Crippen molar-refractivity contribution in [2.75, 3.05) is 21.3 Å². The van der Waals surface area contributed by atoms with Crippen LogP contribution in [0.3, 0.4) is 0 Å². The maximum Gasteiger partial charge on any atom is 0.222 e. The van der Waals surface area contributed by atoms with Crippen molar-refractivity contribution in [1.82, 2.24) is 4.90 Å². The Kier molecular flexibility index (Phi) is 6.33. The van der Waals surface area contributed by atoms with E-state index in [1.165, 1.54) is 37.3 Å². The molecule has 0 aliphatic heterocycles. The number of halogens is 2. The largest absolute Gasteiger partial charge is 0.494 e. The number of benzene rings is 2. The number of rotatable bonds is 7. The van der Waals surface area contributed by atoms with Crippen molar-refractivity contribution < 1.29 is 23.0 Å². The van der Waals surface area contributed by atoms with Gasteiger partial charge in [0.05, 0.1) is 14.2 Å². The van der Waals surface area contributed by atoms with Gasteiger partial charge < -0.3 is 14.4 Å². The summed E-state index contributed by atoms with van der Waals surface area (Å²) < 4.78 is 37.1. The van der Waals surface area contributed by atoms with Gasteiger partial charge in [-0.3, -0.25) is 4.79 Å². The molecule has 0 heterocycles. The van der Waals surface area contributed by atoms with E-state index >= 15 is 0 Å². The number of nitrogens with zero attached hydrogens (tertiary/aromatic N) is 1. The minimum absolute atomic E-state index is 0.104. The van der Waals surface area contributed by atoms with Gasteiger partial charge in [0.15, 0.2) is 23.1 Å². The zero-order valence-corrected chi connectivity index (χ0v) is 14.5. The third-order valence-corrected chi connectivity index (χ3v) is 3.91. The van der Waals surface area contributed by atoms with E-state index in [1.54, 1.807) is 25.2 Å². The highest BCUT2D eigenvalue weighted by Gasteiger charge is 2.12. The van der Waals surface area contributed by atoms with Crippen molar-refractivity contribution in [1.29, 1.82) is 0 Å². The van der Waals surface area contributed by atoms with Crippen LogP contribution in [0.1, 0.15) is 17.5 Å². The molecule has 0 aliphatic rings. The topological polar surface area (TPSA) is 38.8 Å². The molecule has 2 aromatic rings. The molecule has 0 aromatic heterocycles. The highest BCUT2D eigenvalue weighted by Crippen LogP contribution is 2.20. The van der Waals surface area contributed by atoms with Crippen molar-refractivity contribution >= 4 is 5.91 Å². The predicted molar refractivity (Wildman–Crippen MR) is 90.7 cm³/mol. The van der Waals surface area contributed by atoms with Crippen LogP contribution in [0.2, 0.25) is 0 Å². The van der Waals surface area contributed by atoms with Crippen LogP contribution >= 0.6 is 0 Å². The lowest BCUT2D eigenvalue weighted by molar-refractivity contribution is -0.130. The van der Waals surface area contributed by atoms with Crippen LogP contribution in [0, 0.1) is 11.6 Å². The molecular formula is C19H21F2NO3. The van der Waals surface area contributed by atoms with E-state index in [-0.39, 0.29) is 30.4 Å². The summed E-state index contributed by atoms with van der Waals surface area (Å²) in [6, 6.07) is 9.23. The van der Waals surface area contributed by atoms with E-state index in [1.807, 2.05) is 0 Å². The van der Waals surface area contributed by atoms with Crippen LogP contribution in [0.15, 0.2) is 36.4 Å². The number of aryl methyl sites for hydroxylation is 1. The van der Waals surface area contributed by atoms with Gasteiger partial charge in [0, 0.05) is 20.0 Å². The Morgan fingerprint density at radius 3 is 2.00 bits per heavy atom. The van der Waals surface area contributed by atoms with Crippen LogP contribution in [-0.2, 0) is 17.8 Å². The number of hydrogen-bond acceptors (Lipinski definition) is 3. The second kappa shape index (κ2) is 8.46. The maximum atomic E-state index is 13.7. The van der Waals surface area contributed by atoms with Gasteiger partial charge in [-0.1, -0.05) is 12.1 Å². The molecule has 0 spiro atoms. The lowest BCUT2D eigenvalue weighted by atomic mass is 10.1. The van der Waals surface area contributed by atoms with Crippen molar-refractivity contribution in [3.8, 4) is 11.5 Å². The highest BCUT2D eigenvalue weighted by molar-refractivity contribution is 5.76. The molecule has 0 bridgehead atoms. The summed E-state index contributed by atoms with van der Waals surface area (Å²) in [4.78, 5) is 13.7. The molecule has 4 nitrogen and oxygen atoms in total. The summed E-state index contributed by atoms with van der Waals surface area (Å²) in [6.07, 6.45) is 0.655. The second-order valence-electron chi connectivity index (χ2n) is 5.69. The van der Waals surface area contributed by atoms with E-state index in [0.717, 1.165) is 5.56 Å². The molecule has 0 fully saturated rings. The van der Waals surface area contributed by atoms with Gasteiger partial charge in [-0.05, 0) is 41.8 Å². The SMILES string of the molecule is COc1ccc(CCC(=O)N(C)Cc2ccc(OC)c(F)c2)cc1F. The zero-order chi connectivity index (χ0) is 18.4. The molecule has 2 rings (SSSR count).